The SMILES string of the molecule is Cc1cccnc1NCCOc1ccc(C=O)cc1. The van der Waals surface area contributed by atoms with E-state index in [1.165, 1.54) is 0 Å². The minimum Gasteiger partial charge on any atom is -0.492 e. The first kappa shape index (κ1) is 13.1. The summed E-state index contributed by atoms with van der Waals surface area (Å²) >= 11 is 0. The van der Waals surface area contributed by atoms with Gasteiger partial charge >= 0.3 is 0 Å². The molecule has 1 N–H and O–H groups in total. The fraction of sp³-hybridized carbons (Fsp3) is 0.200. The predicted octanol–water partition coefficient (Wildman–Crippen LogP) is 2.69. The van der Waals surface area contributed by atoms with Crippen LogP contribution in [0.2, 0.25) is 0 Å². The van der Waals surface area contributed by atoms with Crippen LogP contribution in [-0.4, -0.2) is 24.4 Å². The normalized spacial score (nSPS) is 9.95. The van der Waals surface area contributed by atoms with Crippen molar-refractivity contribution in [3.8, 4) is 5.75 Å². The van der Waals surface area contributed by atoms with E-state index in [1.54, 1.807) is 30.5 Å². The van der Waals surface area contributed by atoms with Crippen LogP contribution >= 0.6 is 0 Å². The third-order valence-corrected chi connectivity index (χ3v) is 2.69. The number of anilines is 1. The van der Waals surface area contributed by atoms with E-state index in [1.807, 2.05) is 19.1 Å². The Kier molecular flexibility index (Phi) is 4.50. The lowest BCUT2D eigenvalue weighted by Gasteiger charge is -2.09. The molecule has 0 amide bonds. The second kappa shape index (κ2) is 6.54. The average Bonchev–Trinajstić information content (AvgIpc) is 2.46. The molecular weight excluding hydrogens is 240 g/mol. The summed E-state index contributed by atoms with van der Waals surface area (Å²) in [4.78, 5) is 14.7. The van der Waals surface area contributed by atoms with Crippen LogP contribution in [-0.2, 0) is 0 Å². The molecule has 0 saturated carbocycles. The summed E-state index contributed by atoms with van der Waals surface area (Å²) in [7, 11) is 0. The predicted molar refractivity (Wildman–Crippen MR) is 74.8 cm³/mol. The summed E-state index contributed by atoms with van der Waals surface area (Å²) in [5.74, 6) is 1.63. The maximum Gasteiger partial charge on any atom is 0.150 e. The molecule has 0 unspecified atom stereocenters. The molecule has 1 heterocycles. The van der Waals surface area contributed by atoms with Crippen LogP contribution in [0.5, 0.6) is 5.75 Å². The van der Waals surface area contributed by atoms with Crippen LogP contribution in [0.25, 0.3) is 0 Å². The molecule has 2 rings (SSSR count). The van der Waals surface area contributed by atoms with Gasteiger partial charge in [-0.05, 0) is 42.8 Å². The summed E-state index contributed by atoms with van der Waals surface area (Å²) in [5.41, 5.74) is 1.76. The van der Waals surface area contributed by atoms with E-state index in [0.29, 0.717) is 18.7 Å². The third-order valence-electron chi connectivity index (χ3n) is 2.69. The molecule has 2 aromatic rings. The van der Waals surface area contributed by atoms with Gasteiger partial charge in [0.25, 0.3) is 0 Å². The van der Waals surface area contributed by atoms with E-state index in [0.717, 1.165) is 23.4 Å². The van der Waals surface area contributed by atoms with Crippen LogP contribution in [0.4, 0.5) is 5.82 Å². The Labute approximate surface area is 112 Å². The van der Waals surface area contributed by atoms with Gasteiger partial charge in [-0.15, -0.1) is 0 Å². The Bertz CT molecular complexity index is 538. The summed E-state index contributed by atoms with van der Waals surface area (Å²) in [6, 6.07) is 11.0. The Balaban J connectivity index is 1.77. The maximum absolute atomic E-state index is 10.5. The van der Waals surface area contributed by atoms with Gasteiger partial charge in [0.1, 0.15) is 24.5 Å². The molecule has 0 bridgehead atoms. The molecule has 0 saturated heterocycles. The van der Waals surface area contributed by atoms with E-state index >= 15 is 0 Å². The van der Waals surface area contributed by atoms with E-state index in [4.69, 9.17) is 4.74 Å². The molecule has 0 radical (unpaired) electrons. The quantitative estimate of drug-likeness (QED) is 0.637. The third kappa shape index (κ3) is 3.81. The van der Waals surface area contributed by atoms with Gasteiger partial charge in [0.15, 0.2) is 0 Å². The second-order valence-electron chi connectivity index (χ2n) is 4.13. The number of pyridine rings is 1. The van der Waals surface area contributed by atoms with Gasteiger partial charge < -0.3 is 10.1 Å². The smallest absolute Gasteiger partial charge is 0.150 e. The lowest BCUT2D eigenvalue weighted by Crippen LogP contribution is -2.13. The van der Waals surface area contributed by atoms with Crippen LogP contribution in [0.15, 0.2) is 42.6 Å². The van der Waals surface area contributed by atoms with Crippen LogP contribution < -0.4 is 10.1 Å². The topological polar surface area (TPSA) is 51.2 Å². The molecule has 0 aliphatic heterocycles. The van der Waals surface area contributed by atoms with Gasteiger partial charge in [-0.1, -0.05) is 6.07 Å². The molecule has 1 aromatic heterocycles. The van der Waals surface area contributed by atoms with Crippen LogP contribution in [0.3, 0.4) is 0 Å². The highest BCUT2D eigenvalue weighted by Gasteiger charge is 1.98. The van der Waals surface area contributed by atoms with Crippen molar-refractivity contribution in [1.29, 1.82) is 0 Å². The molecule has 0 aliphatic carbocycles. The highest BCUT2D eigenvalue weighted by Crippen LogP contribution is 2.11. The summed E-state index contributed by atoms with van der Waals surface area (Å²) in [6.07, 6.45) is 2.57. The number of aldehydes is 1. The number of aromatic nitrogens is 1. The van der Waals surface area contributed by atoms with E-state index < -0.39 is 0 Å². The van der Waals surface area contributed by atoms with Gasteiger partial charge in [0.05, 0.1) is 6.54 Å². The lowest BCUT2D eigenvalue weighted by atomic mass is 10.2. The molecule has 0 fully saturated rings. The molecular formula is C15H16N2O2. The molecule has 19 heavy (non-hydrogen) atoms. The largest absolute Gasteiger partial charge is 0.492 e. The van der Waals surface area contributed by atoms with Crippen LogP contribution in [0.1, 0.15) is 15.9 Å². The number of carbonyl (C=O) groups excluding carboxylic acids is 1. The van der Waals surface area contributed by atoms with Crippen molar-refractivity contribution in [3.63, 3.8) is 0 Å². The second-order valence-corrected chi connectivity index (χ2v) is 4.13. The number of hydrogen-bond acceptors (Lipinski definition) is 4. The van der Waals surface area contributed by atoms with Crippen molar-refractivity contribution in [2.75, 3.05) is 18.5 Å². The minimum absolute atomic E-state index is 0.538. The molecule has 98 valence electrons. The van der Waals surface area contributed by atoms with Crippen molar-refractivity contribution in [2.24, 2.45) is 0 Å². The number of rotatable bonds is 6. The number of nitrogens with one attached hydrogen (secondary N) is 1. The van der Waals surface area contributed by atoms with E-state index in [-0.39, 0.29) is 0 Å². The van der Waals surface area contributed by atoms with Gasteiger partial charge in [-0.2, -0.15) is 0 Å². The Morgan fingerprint density at radius 3 is 2.74 bits per heavy atom. The van der Waals surface area contributed by atoms with Gasteiger partial charge in [0.2, 0.25) is 0 Å². The molecule has 4 nitrogen and oxygen atoms in total. The van der Waals surface area contributed by atoms with Gasteiger partial charge in [0, 0.05) is 11.8 Å². The number of nitrogens with zero attached hydrogens (tertiary/aromatic N) is 1. The van der Waals surface area contributed by atoms with Crippen molar-refractivity contribution in [1.82, 2.24) is 4.98 Å². The van der Waals surface area contributed by atoms with Gasteiger partial charge in [-0.25, -0.2) is 4.98 Å². The molecule has 0 aliphatic rings. The average molecular weight is 256 g/mol. The van der Waals surface area contributed by atoms with Crippen LogP contribution in [0, 0.1) is 6.92 Å². The Hall–Kier alpha value is -2.36. The first-order chi connectivity index (χ1) is 9.29. The minimum atomic E-state index is 0.538. The highest BCUT2D eigenvalue weighted by molar-refractivity contribution is 5.74. The molecule has 4 heteroatoms. The molecule has 0 atom stereocenters. The summed E-state index contributed by atoms with van der Waals surface area (Å²) < 4.78 is 5.56. The Morgan fingerprint density at radius 2 is 2.05 bits per heavy atom. The Morgan fingerprint density at radius 1 is 1.26 bits per heavy atom. The first-order valence-corrected chi connectivity index (χ1v) is 6.13. The number of benzene rings is 1. The van der Waals surface area contributed by atoms with E-state index in [2.05, 4.69) is 10.3 Å². The van der Waals surface area contributed by atoms with E-state index in [9.17, 15) is 4.79 Å². The number of aryl methyl sites for hydroxylation is 1. The molecule has 1 aromatic carbocycles. The fourth-order valence-electron chi connectivity index (χ4n) is 1.65. The van der Waals surface area contributed by atoms with Crippen molar-refractivity contribution in [2.45, 2.75) is 6.92 Å². The zero-order chi connectivity index (χ0) is 13.5. The zero-order valence-corrected chi connectivity index (χ0v) is 10.8. The number of ether oxygens (including phenoxy) is 1. The van der Waals surface area contributed by atoms with Crippen molar-refractivity contribution < 1.29 is 9.53 Å². The highest BCUT2D eigenvalue weighted by atomic mass is 16.5. The number of carbonyl (C=O) groups is 1. The lowest BCUT2D eigenvalue weighted by molar-refractivity contribution is 0.112. The monoisotopic (exact) mass is 256 g/mol. The standard InChI is InChI=1S/C15H16N2O2/c1-12-3-2-8-16-15(12)17-9-10-19-14-6-4-13(11-18)5-7-14/h2-8,11H,9-10H2,1H3,(H,16,17). The maximum atomic E-state index is 10.5. The molecule has 0 spiro atoms. The summed E-state index contributed by atoms with van der Waals surface area (Å²) in [6.45, 7) is 3.22. The van der Waals surface area contributed by atoms with Gasteiger partial charge in [-0.3, -0.25) is 4.79 Å². The first-order valence-electron chi connectivity index (χ1n) is 6.13. The fourth-order valence-corrected chi connectivity index (χ4v) is 1.65. The zero-order valence-electron chi connectivity index (χ0n) is 10.8. The van der Waals surface area contributed by atoms with Crippen molar-refractivity contribution >= 4 is 12.1 Å². The van der Waals surface area contributed by atoms with Crippen molar-refractivity contribution in [3.05, 3.63) is 53.7 Å². The summed E-state index contributed by atoms with van der Waals surface area (Å²) in [5, 5.41) is 3.21. The number of hydrogen-bond donors (Lipinski definition) is 1.